The molecule has 0 unspecified atom stereocenters. The van der Waals surface area contributed by atoms with Crippen LogP contribution in [0.2, 0.25) is 0 Å². The van der Waals surface area contributed by atoms with Crippen molar-refractivity contribution in [3.05, 3.63) is 107 Å². The number of fused-ring (bicyclic) bond motifs is 2. The number of amides is 2. The van der Waals surface area contributed by atoms with Crippen molar-refractivity contribution >= 4 is 50.0 Å². The number of rotatable bonds is 5. The number of aromatic nitrogens is 3. The molecule has 2 aromatic carbocycles. The smallest absolute Gasteiger partial charge is 0.255 e. The molecule has 0 atom stereocenters. The number of nitrogens with zero attached hydrogens (tertiary/aromatic N) is 4. The quantitative estimate of drug-likeness (QED) is 0.289. The Kier molecular flexibility index (Phi) is 6.64. The average molecular weight is 568 g/mol. The fourth-order valence-corrected chi connectivity index (χ4v) is 5.48. The van der Waals surface area contributed by atoms with Crippen molar-refractivity contribution in [3.63, 3.8) is 0 Å². The summed E-state index contributed by atoms with van der Waals surface area (Å²) in [4.78, 5) is 36.5. The number of nitrogens with one attached hydrogen (secondary N) is 1. The lowest BCUT2D eigenvalue weighted by Gasteiger charge is -2.32. The first-order valence-corrected chi connectivity index (χ1v) is 13.5. The number of halogens is 1. The normalized spacial score (nSPS) is 14.2. The predicted molar refractivity (Wildman–Crippen MR) is 151 cm³/mol. The molecule has 0 bridgehead atoms. The summed E-state index contributed by atoms with van der Waals surface area (Å²) in [6.45, 7) is 1.42. The standard InChI is InChI=1S/C30H26BrN5O2/c31-24-7-4-22-15-23(18-32-27(22)16-24)30(38)35-13-10-21(11-14-35)20-5-8-25(9-6-20)34-29(37)17-26-19-33-28-3-1-2-12-36(26)28/h1-9,12,15-16,18-19,21H,10-11,13-14,17H2,(H,34,37). The maximum atomic E-state index is 13.1. The highest BCUT2D eigenvalue weighted by atomic mass is 79.9. The van der Waals surface area contributed by atoms with Gasteiger partial charge in [-0.15, -0.1) is 0 Å². The second-order valence-corrected chi connectivity index (χ2v) is 10.6. The topological polar surface area (TPSA) is 79.6 Å². The van der Waals surface area contributed by atoms with Crippen molar-refractivity contribution < 1.29 is 9.59 Å². The molecule has 190 valence electrons. The van der Waals surface area contributed by atoms with E-state index in [9.17, 15) is 9.59 Å². The molecule has 0 saturated carbocycles. The van der Waals surface area contributed by atoms with E-state index in [1.165, 1.54) is 5.56 Å². The van der Waals surface area contributed by atoms with Gasteiger partial charge in [0.25, 0.3) is 5.91 Å². The van der Waals surface area contributed by atoms with Gasteiger partial charge in [-0.25, -0.2) is 4.98 Å². The van der Waals surface area contributed by atoms with Crippen molar-refractivity contribution in [1.82, 2.24) is 19.3 Å². The zero-order valence-electron chi connectivity index (χ0n) is 20.7. The van der Waals surface area contributed by atoms with Gasteiger partial charge in [-0.2, -0.15) is 0 Å². The Balaban J connectivity index is 1.04. The summed E-state index contributed by atoms with van der Waals surface area (Å²) >= 11 is 3.46. The minimum Gasteiger partial charge on any atom is -0.339 e. The van der Waals surface area contributed by atoms with E-state index in [4.69, 9.17) is 0 Å². The van der Waals surface area contributed by atoms with Gasteiger partial charge in [0.15, 0.2) is 0 Å². The number of carbonyl (C=O) groups excluding carboxylic acids is 2. The number of likely N-dealkylation sites (tertiary alicyclic amines) is 1. The molecule has 1 saturated heterocycles. The van der Waals surface area contributed by atoms with Crippen molar-refractivity contribution in [2.45, 2.75) is 25.2 Å². The summed E-state index contributed by atoms with van der Waals surface area (Å²) in [5.74, 6) is 0.338. The molecule has 0 spiro atoms. The van der Waals surface area contributed by atoms with E-state index >= 15 is 0 Å². The molecule has 2 amide bonds. The number of imidazole rings is 1. The lowest BCUT2D eigenvalue weighted by molar-refractivity contribution is -0.115. The Morgan fingerprint density at radius 3 is 2.58 bits per heavy atom. The first-order valence-electron chi connectivity index (χ1n) is 12.7. The Hall–Kier alpha value is -4.04. The van der Waals surface area contributed by atoms with Gasteiger partial charge in [0.05, 0.1) is 23.2 Å². The fraction of sp³-hybridized carbons (Fsp3) is 0.200. The number of benzene rings is 2. The number of anilines is 1. The molecule has 1 aliphatic heterocycles. The molecule has 1 N–H and O–H groups in total. The van der Waals surface area contributed by atoms with Crippen LogP contribution in [0.15, 0.2) is 89.8 Å². The van der Waals surface area contributed by atoms with Gasteiger partial charge in [0.1, 0.15) is 5.65 Å². The zero-order valence-corrected chi connectivity index (χ0v) is 22.3. The molecule has 1 fully saturated rings. The van der Waals surface area contributed by atoms with Crippen molar-refractivity contribution in [2.75, 3.05) is 18.4 Å². The first-order chi connectivity index (χ1) is 18.5. The van der Waals surface area contributed by atoms with Crippen LogP contribution >= 0.6 is 15.9 Å². The minimum absolute atomic E-state index is 0.0322. The molecule has 3 aromatic heterocycles. The largest absolute Gasteiger partial charge is 0.339 e. The van der Waals surface area contributed by atoms with Crippen LogP contribution in [0.3, 0.4) is 0 Å². The van der Waals surface area contributed by atoms with Gasteiger partial charge in [0.2, 0.25) is 5.91 Å². The Morgan fingerprint density at radius 2 is 1.76 bits per heavy atom. The van der Waals surface area contributed by atoms with Crippen LogP contribution in [-0.2, 0) is 11.2 Å². The van der Waals surface area contributed by atoms with E-state index in [2.05, 4.69) is 43.3 Å². The minimum atomic E-state index is -0.0777. The van der Waals surface area contributed by atoms with E-state index in [0.29, 0.717) is 24.6 Å². The predicted octanol–water partition coefficient (Wildman–Crippen LogP) is 5.85. The molecule has 0 radical (unpaired) electrons. The first kappa shape index (κ1) is 24.3. The highest BCUT2D eigenvalue weighted by Gasteiger charge is 2.25. The summed E-state index contributed by atoms with van der Waals surface area (Å²) in [6, 6.07) is 21.7. The lowest BCUT2D eigenvalue weighted by atomic mass is 9.89. The molecule has 5 aromatic rings. The summed E-state index contributed by atoms with van der Waals surface area (Å²) in [5.41, 5.74) is 5.18. The number of hydrogen-bond donors (Lipinski definition) is 1. The van der Waals surface area contributed by atoms with E-state index < -0.39 is 0 Å². The van der Waals surface area contributed by atoms with Gasteiger partial charge in [-0.05, 0) is 66.8 Å². The van der Waals surface area contributed by atoms with Crippen molar-refractivity contribution in [1.29, 1.82) is 0 Å². The number of pyridine rings is 2. The fourth-order valence-electron chi connectivity index (χ4n) is 5.13. The third-order valence-corrected chi connectivity index (χ3v) is 7.67. The zero-order chi connectivity index (χ0) is 26.1. The van der Waals surface area contributed by atoms with Crippen LogP contribution in [0.25, 0.3) is 16.6 Å². The van der Waals surface area contributed by atoms with Crippen molar-refractivity contribution in [2.24, 2.45) is 0 Å². The number of piperidine rings is 1. The van der Waals surface area contributed by atoms with Gasteiger partial charge in [-0.3, -0.25) is 14.6 Å². The van der Waals surface area contributed by atoms with Gasteiger partial charge in [-0.1, -0.05) is 40.2 Å². The maximum Gasteiger partial charge on any atom is 0.255 e. The Bertz CT molecular complexity index is 1640. The van der Waals surface area contributed by atoms with Gasteiger partial charge in [0, 0.05) is 47.2 Å². The summed E-state index contributed by atoms with van der Waals surface area (Å²) < 4.78 is 2.90. The second kappa shape index (κ2) is 10.4. The molecule has 6 rings (SSSR count). The van der Waals surface area contributed by atoms with Crippen LogP contribution in [0.5, 0.6) is 0 Å². The van der Waals surface area contributed by atoms with Crippen molar-refractivity contribution in [3.8, 4) is 0 Å². The molecule has 7 nitrogen and oxygen atoms in total. The maximum absolute atomic E-state index is 13.1. The molecule has 0 aliphatic carbocycles. The highest BCUT2D eigenvalue weighted by Crippen LogP contribution is 2.30. The van der Waals surface area contributed by atoms with Crippen LogP contribution < -0.4 is 5.32 Å². The average Bonchev–Trinajstić information content (AvgIpc) is 3.35. The molecular weight excluding hydrogens is 542 g/mol. The third kappa shape index (κ3) is 5.04. The summed E-state index contributed by atoms with van der Waals surface area (Å²) in [5, 5.41) is 3.95. The van der Waals surface area contributed by atoms with Gasteiger partial charge < -0.3 is 14.6 Å². The van der Waals surface area contributed by atoms with Crippen LogP contribution in [0, 0.1) is 0 Å². The molecule has 4 heterocycles. The summed E-state index contributed by atoms with van der Waals surface area (Å²) in [6.07, 6.45) is 7.38. The molecule has 38 heavy (non-hydrogen) atoms. The summed E-state index contributed by atoms with van der Waals surface area (Å²) in [7, 11) is 0. The second-order valence-electron chi connectivity index (χ2n) is 9.65. The number of carbonyl (C=O) groups is 2. The molecule has 1 aliphatic rings. The molecular formula is C30H26BrN5O2. The van der Waals surface area contributed by atoms with E-state index in [0.717, 1.165) is 45.2 Å². The molecule has 8 heteroatoms. The Labute approximate surface area is 228 Å². The van der Waals surface area contributed by atoms with Crippen LogP contribution in [-0.4, -0.2) is 44.2 Å². The van der Waals surface area contributed by atoms with E-state index in [1.54, 1.807) is 12.4 Å². The van der Waals surface area contributed by atoms with Gasteiger partial charge >= 0.3 is 0 Å². The van der Waals surface area contributed by atoms with E-state index in [-0.39, 0.29) is 18.2 Å². The highest BCUT2D eigenvalue weighted by molar-refractivity contribution is 9.10. The van der Waals surface area contributed by atoms with Crippen LogP contribution in [0.4, 0.5) is 5.69 Å². The number of hydrogen-bond acceptors (Lipinski definition) is 4. The third-order valence-electron chi connectivity index (χ3n) is 7.18. The van der Waals surface area contributed by atoms with E-state index in [1.807, 2.05) is 70.1 Å². The lowest BCUT2D eigenvalue weighted by Crippen LogP contribution is -2.38. The Morgan fingerprint density at radius 1 is 0.947 bits per heavy atom. The van der Waals surface area contributed by atoms with Crippen LogP contribution in [0.1, 0.15) is 40.4 Å². The monoisotopic (exact) mass is 567 g/mol. The SMILES string of the molecule is O=C(Cc1cnc2ccccn12)Nc1ccc(C2CCN(C(=O)c3cnc4cc(Br)ccc4c3)CC2)cc1.